The maximum Gasteiger partial charge on any atom is 0.293 e. The van der Waals surface area contributed by atoms with E-state index in [2.05, 4.69) is 10.6 Å². The molecule has 0 unspecified atom stereocenters. The molecule has 0 saturated carbocycles. The minimum Gasteiger partial charge on any atom is -0.451 e. The Labute approximate surface area is 186 Å². The molecule has 160 valence electrons. The highest BCUT2D eigenvalue weighted by molar-refractivity contribution is 7.80. The standard InChI is InChI=1S/C21H14N4O6S/c1-24-19(27)14-6-5-12(10-15(14)20(24)28)22-21(32)23-18(26)17-8-7-16(31-17)11-3-2-4-13(9-11)25(29)30/h2-10H,1H3,(H2,22,23,26,32). The third kappa shape index (κ3) is 3.84. The number of imide groups is 1. The zero-order valence-corrected chi connectivity index (χ0v) is 17.3. The summed E-state index contributed by atoms with van der Waals surface area (Å²) in [6.07, 6.45) is 0. The molecule has 1 aromatic heterocycles. The van der Waals surface area contributed by atoms with Crippen LogP contribution in [-0.4, -0.2) is 39.7 Å². The Morgan fingerprint density at radius 1 is 1.06 bits per heavy atom. The van der Waals surface area contributed by atoms with Crippen molar-refractivity contribution >= 4 is 46.4 Å². The molecular weight excluding hydrogens is 436 g/mol. The van der Waals surface area contributed by atoms with Crippen molar-refractivity contribution in [1.29, 1.82) is 0 Å². The van der Waals surface area contributed by atoms with Gasteiger partial charge in [-0.05, 0) is 42.5 Å². The number of hydrogen-bond acceptors (Lipinski definition) is 7. The molecule has 2 N–H and O–H groups in total. The number of non-ortho nitro benzene ring substituents is 1. The lowest BCUT2D eigenvalue weighted by molar-refractivity contribution is -0.384. The van der Waals surface area contributed by atoms with Gasteiger partial charge in [-0.25, -0.2) is 0 Å². The van der Waals surface area contributed by atoms with Crippen LogP contribution >= 0.6 is 12.2 Å². The molecule has 2 aromatic carbocycles. The lowest BCUT2D eigenvalue weighted by Crippen LogP contribution is -2.33. The topological polar surface area (TPSA) is 135 Å². The summed E-state index contributed by atoms with van der Waals surface area (Å²) in [6, 6.07) is 13.3. The summed E-state index contributed by atoms with van der Waals surface area (Å²) in [4.78, 5) is 47.9. The van der Waals surface area contributed by atoms with Gasteiger partial charge in [0.2, 0.25) is 0 Å². The highest BCUT2D eigenvalue weighted by atomic mass is 32.1. The molecular formula is C21H14N4O6S. The monoisotopic (exact) mass is 450 g/mol. The number of nitro groups is 1. The number of nitrogens with zero attached hydrogens (tertiary/aromatic N) is 2. The number of thiocarbonyl (C=S) groups is 1. The molecule has 32 heavy (non-hydrogen) atoms. The minimum atomic E-state index is -0.633. The Bertz CT molecular complexity index is 1320. The van der Waals surface area contributed by atoms with Gasteiger partial charge in [-0.3, -0.25) is 34.7 Å². The van der Waals surface area contributed by atoms with Crippen molar-refractivity contribution < 1.29 is 23.7 Å². The van der Waals surface area contributed by atoms with Crippen molar-refractivity contribution in [2.75, 3.05) is 12.4 Å². The van der Waals surface area contributed by atoms with Crippen LogP contribution in [0.25, 0.3) is 11.3 Å². The summed E-state index contributed by atoms with van der Waals surface area (Å²) in [5, 5.41) is 16.1. The molecule has 0 saturated heterocycles. The SMILES string of the molecule is CN1C(=O)c2ccc(NC(=S)NC(=O)c3ccc(-c4cccc([N+](=O)[O-])c4)o3)cc2C1=O. The third-order valence-electron chi connectivity index (χ3n) is 4.75. The molecule has 1 aliphatic rings. The minimum absolute atomic E-state index is 0.0478. The van der Waals surface area contributed by atoms with Crippen molar-refractivity contribution in [3.8, 4) is 11.3 Å². The average molecular weight is 450 g/mol. The number of benzene rings is 2. The van der Waals surface area contributed by atoms with E-state index in [1.54, 1.807) is 12.1 Å². The van der Waals surface area contributed by atoms with E-state index in [1.165, 1.54) is 49.5 Å². The van der Waals surface area contributed by atoms with E-state index < -0.39 is 16.7 Å². The third-order valence-corrected chi connectivity index (χ3v) is 4.95. The summed E-state index contributed by atoms with van der Waals surface area (Å²) in [5.74, 6) is -1.21. The maximum absolute atomic E-state index is 12.4. The van der Waals surface area contributed by atoms with Gasteiger partial charge in [0.05, 0.1) is 16.1 Å². The van der Waals surface area contributed by atoms with Gasteiger partial charge in [0.15, 0.2) is 10.9 Å². The van der Waals surface area contributed by atoms with E-state index >= 15 is 0 Å². The number of nitrogens with one attached hydrogen (secondary N) is 2. The Balaban J connectivity index is 1.44. The molecule has 0 aliphatic carbocycles. The van der Waals surface area contributed by atoms with E-state index in [0.717, 1.165) is 4.90 Å². The Morgan fingerprint density at radius 3 is 2.56 bits per heavy atom. The second kappa shape index (κ2) is 8.04. The van der Waals surface area contributed by atoms with Gasteiger partial charge in [-0.2, -0.15) is 0 Å². The van der Waals surface area contributed by atoms with E-state index in [4.69, 9.17) is 16.6 Å². The van der Waals surface area contributed by atoms with Gasteiger partial charge in [0.25, 0.3) is 23.4 Å². The predicted octanol–water partition coefficient (Wildman–Crippen LogP) is 3.21. The van der Waals surface area contributed by atoms with Crippen LogP contribution in [0.5, 0.6) is 0 Å². The lowest BCUT2D eigenvalue weighted by Gasteiger charge is -2.09. The van der Waals surface area contributed by atoms with Crippen LogP contribution in [-0.2, 0) is 0 Å². The van der Waals surface area contributed by atoms with Crippen LogP contribution < -0.4 is 10.6 Å². The van der Waals surface area contributed by atoms with E-state index in [1.807, 2.05) is 0 Å². The van der Waals surface area contributed by atoms with Crippen LogP contribution in [0.1, 0.15) is 31.3 Å². The molecule has 0 atom stereocenters. The Hall–Kier alpha value is -4.38. The fraction of sp³-hybridized carbons (Fsp3) is 0.0476. The highest BCUT2D eigenvalue weighted by Gasteiger charge is 2.32. The van der Waals surface area contributed by atoms with E-state index in [-0.39, 0.29) is 33.8 Å². The van der Waals surface area contributed by atoms with Gasteiger partial charge < -0.3 is 9.73 Å². The number of fused-ring (bicyclic) bond motifs is 1. The average Bonchev–Trinajstić information content (AvgIpc) is 3.35. The molecule has 3 amide bonds. The predicted molar refractivity (Wildman–Crippen MR) is 117 cm³/mol. The molecule has 10 nitrogen and oxygen atoms in total. The summed E-state index contributed by atoms with van der Waals surface area (Å²) < 4.78 is 5.51. The van der Waals surface area contributed by atoms with Crippen LogP contribution in [0.2, 0.25) is 0 Å². The summed E-state index contributed by atoms with van der Waals surface area (Å²) in [7, 11) is 1.40. The smallest absolute Gasteiger partial charge is 0.293 e. The van der Waals surface area contributed by atoms with E-state index in [9.17, 15) is 24.5 Å². The first-order valence-corrected chi connectivity index (χ1v) is 9.59. The molecule has 0 fully saturated rings. The number of carbonyl (C=O) groups excluding carboxylic acids is 3. The maximum atomic E-state index is 12.4. The first kappa shape index (κ1) is 20.9. The van der Waals surface area contributed by atoms with Crippen molar-refractivity contribution in [2.45, 2.75) is 0 Å². The van der Waals surface area contributed by atoms with Crippen LogP contribution in [0.4, 0.5) is 11.4 Å². The fourth-order valence-electron chi connectivity index (χ4n) is 3.15. The first-order valence-electron chi connectivity index (χ1n) is 9.18. The van der Waals surface area contributed by atoms with Gasteiger partial charge in [0.1, 0.15) is 5.76 Å². The van der Waals surface area contributed by atoms with Gasteiger partial charge >= 0.3 is 0 Å². The first-order chi connectivity index (χ1) is 15.2. The van der Waals surface area contributed by atoms with Crippen LogP contribution in [0.3, 0.4) is 0 Å². The summed E-state index contributed by atoms with van der Waals surface area (Å²) in [6.45, 7) is 0. The molecule has 1 aliphatic heterocycles. The number of anilines is 1. The van der Waals surface area contributed by atoms with E-state index in [0.29, 0.717) is 16.8 Å². The Kier molecular flexibility index (Phi) is 5.24. The molecule has 0 radical (unpaired) electrons. The van der Waals surface area contributed by atoms with Crippen molar-refractivity contribution in [2.24, 2.45) is 0 Å². The molecule has 0 spiro atoms. The number of hydrogen-bond donors (Lipinski definition) is 2. The Morgan fingerprint density at radius 2 is 1.81 bits per heavy atom. The normalized spacial score (nSPS) is 12.5. The lowest BCUT2D eigenvalue weighted by atomic mass is 10.1. The summed E-state index contributed by atoms with van der Waals surface area (Å²) >= 11 is 5.14. The number of carbonyl (C=O) groups is 3. The second-order valence-electron chi connectivity index (χ2n) is 6.81. The van der Waals surface area contributed by atoms with Gasteiger partial charge in [-0.1, -0.05) is 12.1 Å². The molecule has 4 rings (SSSR count). The number of nitro benzene ring substituents is 1. The molecule has 3 aromatic rings. The van der Waals surface area contributed by atoms with Crippen molar-refractivity contribution in [1.82, 2.24) is 10.2 Å². The number of rotatable bonds is 4. The molecule has 11 heteroatoms. The summed E-state index contributed by atoms with van der Waals surface area (Å²) in [5.41, 5.74) is 1.30. The van der Waals surface area contributed by atoms with Gasteiger partial charge in [-0.15, -0.1) is 0 Å². The largest absolute Gasteiger partial charge is 0.451 e. The van der Waals surface area contributed by atoms with Crippen LogP contribution in [0.15, 0.2) is 59.0 Å². The highest BCUT2D eigenvalue weighted by Crippen LogP contribution is 2.26. The quantitative estimate of drug-likeness (QED) is 0.268. The van der Waals surface area contributed by atoms with Gasteiger partial charge in [0, 0.05) is 30.4 Å². The second-order valence-corrected chi connectivity index (χ2v) is 7.22. The van der Waals surface area contributed by atoms with Crippen molar-refractivity contribution in [3.05, 3.63) is 81.6 Å². The molecule has 2 heterocycles. The number of amides is 3. The molecule has 0 bridgehead atoms. The fourth-order valence-corrected chi connectivity index (χ4v) is 3.36. The zero-order valence-electron chi connectivity index (χ0n) is 16.4. The zero-order chi connectivity index (χ0) is 23.0. The van der Waals surface area contributed by atoms with Crippen molar-refractivity contribution in [3.63, 3.8) is 0 Å². The number of furan rings is 1. The van der Waals surface area contributed by atoms with Crippen LogP contribution in [0, 0.1) is 10.1 Å².